The summed E-state index contributed by atoms with van der Waals surface area (Å²) in [5.41, 5.74) is 10.5. The zero-order valence-corrected chi connectivity index (χ0v) is 9.20. The Morgan fingerprint density at radius 2 is 1.06 bits per heavy atom. The second-order valence-electron chi connectivity index (χ2n) is 2.84. The largest absolute Gasteiger partial charge is 0.367 e. The van der Waals surface area contributed by atoms with Crippen molar-refractivity contribution >= 4 is 11.9 Å². The average Bonchev–Trinajstić information content (AvgIpc) is 2.23. The van der Waals surface area contributed by atoms with Crippen molar-refractivity contribution < 1.29 is 20.8 Å². The highest BCUT2D eigenvalue weighted by atomic mass is 16.8. The number of guanidine groups is 2. The predicted octanol–water partition coefficient (Wildman–Crippen LogP) is -4.04. The van der Waals surface area contributed by atoms with Crippen molar-refractivity contribution in [2.24, 2.45) is 33.4 Å². The monoisotopic (exact) mass is 268 g/mol. The van der Waals surface area contributed by atoms with E-state index in [4.69, 9.17) is 44.0 Å². The van der Waals surface area contributed by atoms with Gasteiger partial charge in [0, 0.05) is 0 Å². The number of nitrogens with zero attached hydrogens (tertiary/aromatic N) is 6. The Morgan fingerprint density at radius 1 is 0.778 bits per heavy atom. The van der Waals surface area contributed by atoms with Gasteiger partial charge in [0.1, 0.15) is 0 Å². The molecule has 0 saturated carbocycles. The molecular formula is C4H16N10O4. The highest BCUT2D eigenvalue weighted by Crippen LogP contribution is 1.85. The molecule has 14 nitrogen and oxygen atoms in total. The zero-order chi connectivity index (χ0) is 14.3. The first kappa shape index (κ1) is 15.9. The van der Waals surface area contributed by atoms with Gasteiger partial charge in [0.05, 0.1) is 13.1 Å². The van der Waals surface area contributed by atoms with Gasteiger partial charge in [-0.1, -0.05) is 10.2 Å². The van der Waals surface area contributed by atoms with Crippen molar-refractivity contribution in [2.45, 2.75) is 0 Å². The van der Waals surface area contributed by atoms with Crippen LogP contribution in [0.4, 0.5) is 0 Å². The third kappa shape index (κ3) is 6.48. The fraction of sp³-hybridized carbons (Fsp3) is 0.500. The molecule has 0 fully saturated rings. The first-order chi connectivity index (χ1) is 8.23. The van der Waals surface area contributed by atoms with Crippen molar-refractivity contribution in [1.29, 1.82) is 0 Å². The van der Waals surface area contributed by atoms with Crippen molar-refractivity contribution in [3.63, 3.8) is 0 Å². The Bertz CT molecular complexity index is 274. The maximum atomic E-state index is 8.34. The quantitative estimate of drug-likeness (QED) is 0.103. The molecule has 0 aromatic rings. The summed E-state index contributed by atoms with van der Waals surface area (Å²) in [6.45, 7) is -0.0422. The third-order valence-corrected chi connectivity index (χ3v) is 1.55. The maximum Gasteiger partial charge on any atom is 0.233 e. The van der Waals surface area contributed by atoms with Crippen LogP contribution in [0.2, 0.25) is 0 Å². The van der Waals surface area contributed by atoms with E-state index in [1.54, 1.807) is 0 Å². The van der Waals surface area contributed by atoms with Gasteiger partial charge in [-0.05, 0) is 10.7 Å². The Balaban J connectivity index is 4.25. The van der Waals surface area contributed by atoms with Gasteiger partial charge in [-0.25, -0.2) is 32.5 Å². The lowest BCUT2D eigenvalue weighted by Crippen LogP contribution is -2.51. The molecule has 0 bridgehead atoms. The van der Waals surface area contributed by atoms with Crippen LogP contribution in [0, 0.1) is 0 Å². The second-order valence-corrected chi connectivity index (χ2v) is 2.84. The molecular weight excluding hydrogens is 252 g/mol. The summed E-state index contributed by atoms with van der Waals surface area (Å²) >= 11 is 0. The van der Waals surface area contributed by atoms with E-state index in [0.29, 0.717) is 0 Å². The van der Waals surface area contributed by atoms with Gasteiger partial charge in [0.15, 0.2) is 0 Å². The van der Waals surface area contributed by atoms with E-state index in [9.17, 15) is 0 Å². The van der Waals surface area contributed by atoms with E-state index in [-0.39, 0.29) is 13.1 Å². The molecule has 0 aliphatic rings. The summed E-state index contributed by atoms with van der Waals surface area (Å²) in [6, 6.07) is 0. The predicted molar refractivity (Wildman–Crippen MR) is 55.9 cm³/mol. The first-order valence-electron chi connectivity index (χ1n) is 4.32. The number of hydrazine groups is 2. The van der Waals surface area contributed by atoms with Gasteiger partial charge in [-0.3, -0.25) is 10.0 Å². The summed E-state index contributed by atoms with van der Waals surface area (Å²) in [6.07, 6.45) is 0. The summed E-state index contributed by atoms with van der Waals surface area (Å²) in [5, 5.41) is 40.0. The Morgan fingerprint density at radius 3 is 1.28 bits per heavy atom. The normalized spacial score (nSPS) is 12.3. The SMILES string of the molecule is NC(=NN(O)O)N(N)CCN(N)C(N)=NN(O)O. The van der Waals surface area contributed by atoms with Gasteiger partial charge in [-0.15, -0.1) is 0 Å². The molecule has 12 N–H and O–H groups in total. The lowest BCUT2D eigenvalue weighted by Gasteiger charge is -2.22. The summed E-state index contributed by atoms with van der Waals surface area (Å²) < 4.78 is 0. The molecule has 0 amide bonds. The molecule has 0 aromatic carbocycles. The Labute approximate surface area is 101 Å². The number of rotatable bonds is 5. The standard InChI is InChI=1S/C4H16N10O4/c5-3(9-13(15)16)11(7)1-2-12(8)4(6)10-14(17)18/h15-18H,1-2,7-8H2,(H2,5,9)(H2,6,10). The van der Waals surface area contributed by atoms with Crippen LogP contribution in [0.25, 0.3) is 0 Å². The van der Waals surface area contributed by atoms with Crippen molar-refractivity contribution in [3.8, 4) is 0 Å². The van der Waals surface area contributed by atoms with E-state index < -0.39 is 22.6 Å². The fourth-order valence-corrected chi connectivity index (χ4v) is 0.743. The summed E-state index contributed by atoms with van der Waals surface area (Å²) in [4.78, 5) is 0. The highest BCUT2D eigenvalue weighted by Gasteiger charge is 2.09. The number of nitrogens with two attached hydrogens (primary N) is 4. The topological polar surface area (TPSA) is 223 Å². The van der Waals surface area contributed by atoms with Crippen molar-refractivity contribution in [3.05, 3.63) is 0 Å². The van der Waals surface area contributed by atoms with E-state index in [1.807, 2.05) is 0 Å². The molecule has 0 aromatic heterocycles. The van der Waals surface area contributed by atoms with Crippen LogP contribution >= 0.6 is 0 Å². The summed E-state index contributed by atoms with van der Waals surface area (Å²) in [7, 11) is 0. The van der Waals surface area contributed by atoms with Gasteiger partial charge < -0.3 is 11.5 Å². The van der Waals surface area contributed by atoms with Gasteiger partial charge in [0.2, 0.25) is 11.9 Å². The molecule has 106 valence electrons. The van der Waals surface area contributed by atoms with Gasteiger partial charge >= 0.3 is 0 Å². The Kier molecular flexibility index (Phi) is 6.42. The zero-order valence-electron chi connectivity index (χ0n) is 9.20. The number of hydrogen-bond acceptors (Lipinski definition) is 10. The lowest BCUT2D eigenvalue weighted by atomic mass is 10.6. The molecule has 0 aliphatic carbocycles. The molecule has 0 aliphatic heterocycles. The molecule has 18 heavy (non-hydrogen) atoms. The molecule has 0 radical (unpaired) electrons. The minimum Gasteiger partial charge on any atom is -0.367 e. The smallest absolute Gasteiger partial charge is 0.233 e. The highest BCUT2D eigenvalue weighted by molar-refractivity contribution is 5.78. The molecule has 0 rings (SSSR count). The van der Waals surface area contributed by atoms with E-state index in [0.717, 1.165) is 10.0 Å². The minimum atomic E-state index is -0.513. The summed E-state index contributed by atoms with van der Waals surface area (Å²) in [5.74, 6) is 9.93. The lowest BCUT2D eigenvalue weighted by molar-refractivity contribution is -0.308. The van der Waals surface area contributed by atoms with Crippen LogP contribution in [0.15, 0.2) is 10.2 Å². The van der Waals surface area contributed by atoms with Gasteiger partial charge in [0.25, 0.3) is 0 Å². The van der Waals surface area contributed by atoms with Crippen LogP contribution in [0.5, 0.6) is 0 Å². The van der Waals surface area contributed by atoms with Gasteiger partial charge in [-0.2, -0.15) is 0 Å². The molecule has 0 saturated heterocycles. The van der Waals surface area contributed by atoms with Crippen LogP contribution in [-0.4, -0.2) is 66.5 Å². The Hall–Kier alpha value is -2.10. The second kappa shape index (κ2) is 7.27. The maximum absolute atomic E-state index is 8.34. The molecule has 0 spiro atoms. The molecule has 0 heterocycles. The van der Waals surface area contributed by atoms with E-state index >= 15 is 0 Å². The minimum absolute atomic E-state index is 0.0211. The van der Waals surface area contributed by atoms with Crippen LogP contribution < -0.4 is 23.2 Å². The van der Waals surface area contributed by atoms with E-state index in [2.05, 4.69) is 10.2 Å². The van der Waals surface area contributed by atoms with Crippen LogP contribution in [-0.2, 0) is 0 Å². The fourth-order valence-electron chi connectivity index (χ4n) is 0.743. The molecule has 0 atom stereocenters. The van der Waals surface area contributed by atoms with Crippen LogP contribution in [0.1, 0.15) is 0 Å². The number of hydrogen-bond donors (Lipinski definition) is 8. The van der Waals surface area contributed by atoms with Crippen molar-refractivity contribution in [1.82, 2.24) is 20.7 Å². The molecule has 0 unspecified atom stereocenters. The first-order valence-corrected chi connectivity index (χ1v) is 4.32. The number of hydrazone groups is 2. The van der Waals surface area contributed by atoms with Crippen molar-refractivity contribution in [2.75, 3.05) is 13.1 Å². The van der Waals surface area contributed by atoms with E-state index in [1.165, 1.54) is 0 Å². The van der Waals surface area contributed by atoms with Crippen LogP contribution in [0.3, 0.4) is 0 Å². The third-order valence-electron chi connectivity index (χ3n) is 1.55. The molecule has 14 heteroatoms. The average molecular weight is 268 g/mol.